The van der Waals surface area contributed by atoms with E-state index in [9.17, 15) is 0 Å². The van der Waals surface area contributed by atoms with Crippen molar-refractivity contribution in [1.82, 2.24) is 4.90 Å². The SMILES string of the molecule is BrCCC1CCN(CC2CCC3(CCCCC3)O2)C1. The van der Waals surface area contributed by atoms with Crippen LogP contribution in [0, 0.1) is 5.92 Å². The van der Waals surface area contributed by atoms with E-state index in [1.165, 1.54) is 77.4 Å². The molecule has 2 saturated heterocycles. The van der Waals surface area contributed by atoms with Crippen molar-refractivity contribution >= 4 is 15.9 Å². The quantitative estimate of drug-likeness (QED) is 0.723. The third-order valence-corrected chi connectivity index (χ3v) is 5.91. The van der Waals surface area contributed by atoms with Crippen molar-refractivity contribution in [2.75, 3.05) is 25.0 Å². The second-order valence-corrected chi connectivity index (χ2v) is 7.71. The molecule has 1 aliphatic carbocycles. The van der Waals surface area contributed by atoms with Crippen molar-refractivity contribution < 1.29 is 4.74 Å². The maximum Gasteiger partial charge on any atom is 0.0710 e. The Morgan fingerprint density at radius 3 is 2.74 bits per heavy atom. The second kappa shape index (κ2) is 6.44. The fraction of sp³-hybridized carbons (Fsp3) is 1.00. The summed E-state index contributed by atoms with van der Waals surface area (Å²) in [5, 5.41) is 1.16. The van der Waals surface area contributed by atoms with Crippen LogP contribution in [0.15, 0.2) is 0 Å². The standard InChI is InChI=1S/C16H28BrNO/c17-10-5-14-6-11-18(12-14)13-15-4-9-16(19-15)7-2-1-3-8-16/h14-15H,1-13H2. The van der Waals surface area contributed by atoms with Gasteiger partial charge in [0, 0.05) is 18.4 Å². The van der Waals surface area contributed by atoms with Crippen LogP contribution in [0.4, 0.5) is 0 Å². The molecule has 2 heterocycles. The van der Waals surface area contributed by atoms with E-state index >= 15 is 0 Å². The molecule has 0 radical (unpaired) electrons. The summed E-state index contributed by atoms with van der Waals surface area (Å²) in [6.07, 6.45) is 12.8. The van der Waals surface area contributed by atoms with Gasteiger partial charge < -0.3 is 9.64 Å². The lowest BCUT2D eigenvalue weighted by atomic mass is 9.83. The van der Waals surface area contributed by atoms with Gasteiger partial charge in [0.15, 0.2) is 0 Å². The van der Waals surface area contributed by atoms with Gasteiger partial charge in [0.1, 0.15) is 0 Å². The van der Waals surface area contributed by atoms with E-state index in [0.717, 1.165) is 11.2 Å². The number of nitrogens with zero attached hydrogens (tertiary/aromatic N) is 1. The van der Waals surface area contributed by atoms with Crippen molar-refractivity contribution in [3.05, 3.63) is 0 Å². The zero-order valence-electron chi connectivity index (χ0n) is 12.1. The Bertz CT molecular complexity index is 290. The topological polar surface area (TPSA) is 12.5 Å². The lowest BCUT2D eigenvalue weighted by molar-refractivity contribution is -0.0705. The number of alkyl halides is 1. The van der Waals surface area contributed by atoms with Gasteiger partial charge in [-0.1, -0.05) is 35.2 Å². The smallest absolute Gasteiger partial charge is 0.0710 e. The molecule has 0 N–H and O–H groups in total. The average molecular weight is 330 g/mol. The number of hydrogen-bond donors (Lipinski definition) is 0. The summed E-state index contributed by atoms with van der Waals surface area (Å²) < 4.78 is 6.50. The Hall–Kier alpha value is 0.400. The highest BCUT2D eigenvalue weighted by atomic mass is 79.9. The maximum atomic E-state index is 6.50. The van der Waals surface area contributed by atoms with Crippen molar-refractivity contribution in [2.24, 2.45) is 5.92 Å². The first-order valence-corrected chi connectivity index (χ1v) is 9.38. The van der Waals surface area contributed by atoms with Gasteiger partial charge in [-0.2, -0.15) is 0 Å². The number of ether oxygens (including phenoxy) is 1. The molecule has 3 aliphatic rings. The van der Waals surface area contributed by atoms with E-state index in [1.807, 2.05) is 0 Å². The number of rotatable bonds is 4. The molecule has 2 unspecified atom stereocenters. The van der Waals surface area contributed by atoms with E-state index in [2.05, 4.69) is 20.8 Å². The molecule has 3 heteroatoms. The highest BCUT2D eigenvalue weighted by molar-refractivity contribution is 9.09. The molecule has 3 fully saturated rings. The number of halogens is 1. The largest absolute Gasteiger partial charge is 0.370 e. The maximum absolute atomic E-state index is 6.50. The molecule has 0 amide bonds. The molecular weight excluding hydrogens is 302 g/mol. The molecule has 2 aliphatic heterocycles. The van der Waals surface area contributed by atoms with Crippen LogP contribution in [0.1, 0.15) is 57.8 Å². The lowest BCUT2D eigenvalue weighted by Gasteiger charge is -2.34. The van der Waals surface area contributed by atoms with Crippen LogP contribution < -0.4 is 0 Å². The minimum atomic E-state index is 0.303. The van der Waals surface area contributed by atoms with Crippen LogP contribution in [0.5, 0.6) is 0 Å². The van der Waals surface area contributed by atoms with Crippen LogP contribution in [0.3, 0.4) is 0 Å². The van der Waals surface area contributed by atoms with E-state index in [1.54, 1.807) is 0 Å². The minimum absolute atomic E-state index is 0.303. The Labute approximate surface area is 126 Å². The van der Waals surface area contributed by atoms with E-state index in [0.29, 0.717) is 11.7 Å². The fourth-order valence-electron chi connectivity index (χ4n) is 4.34. The van der Waals surface area contributed by atoms with Gasteiger partial charge in [-0.3, -0.25) is 0 Å². The molecule has 19 heavy (non-hydrogen) atoms. The van der Waals surface area contributed by atoms with Gasteiger partial charge in [-0.05, 0) is 51.0 Å². The Morgan fingerprint density at radius 1 is 1.11 bits per heavy atom. The predicted molar refractivity (Wildman–Crippen MR) is 82.9 cm³/mol. The van der Waals surface area contributed by atoms with E-state index in [4.69, 9.17) is 4.74 Å². The number of hydrogen-bond acceptors (Lipinski definition) is 2. The van der Waals surface area contributed by atoms with Crippen LogP contribution >= 0.6 is 15.9 Å². The highest BCUT2D eigenvalue weighted by Gasteiger charge is 2.41. The summed E-state index contributed by atoms with van der Waals surface area (Å²) in [7, 11) is 0. The van der Waals surface area contributed by atoms with Crippen molar-refractivity contribution in [3.8, 4) is 0 Å². The summed E-state index contributed by atoms with van der Waals surface area (Å²) in [6.45, 7) is 3.80. The van der Waals surface area contributed by atoms with Gasteiger partial charge in [0.05, 0.1) is 11.7 Å². The van der Waals surface area contributed by atoms with Gasteiger partial charge in [0.2, 0.25) is 0 Å². The molecule has 0 bridgehead atoms. The highest BCUT2D eigenvalue weighted by Crippen LogP contribution is 2.42. The van der Waals surface area contributed by atoms with Crippen LogP contribution in [0.25, 0.3) is 0 Å². The zero-order chi connectivity index (χ0) is 13.1. The summed E-state index contributed by atoms with van der Waals surface area (Å²) in [6, 6.07) is 0. The van der Waals surface area contributed by atoms with Gasteiger partial charge in [-0.15, -0.1) is 0 Å². The molecule has 2 atom stereocenters. The van der Waals surface area contributed by atoms with E-state index < -0.39 is 0 Å². The molecule has 1 spiro atoms. The first-order chi connectivity index (χ1) is 9.30. The zero-order valence-corrected chi connectivity index (χ0v) is 13.7. The van der Waals surface area contributed by atoms with Gasteiger partial charge in [0.25, 0.3) is 0 Å². The molecule has 1 saturated carbocycles. The van der Waals surface area contributed by atoms with Crippen molar-refractivity contribution in [2.45, 2.75) is 69.5 Å². The van der Waals surface area contributed by atoms with Crippen molar-refractivity contribution in [3.63, 3.8) is 0 Å². The summed E-state index contributed by atoms with van der Waals surface area (Å²) in [5.74, 6) is 0.921. The minimum Gasteiger partial charge on any atom is -0.370 e. The van der Waals surface area contributed by atoms with Crippen molar-refractivity contribution in [1.29, 1.82) is 0 Å². The van der Waals surface area contributed by atoms with E-state index in [-0.39, 0.29) is 0 Å². The first-order valence-electron chi connectivity index (χ1n) is 8.26. The second-order valence-electron chi connectivity index (χ2n) is 6.91. The average Bonchev–Trinajstić information content (AvgIpc) is 3.00. The third kappa shape index (κ3) is 3.54. The Balaban J connectivity index is 1.44. The van der Waals surface area contributed by atoms with Crippen LogP contribution in [-0.4, -0.2) is 41.6 Å². The molecule has 0 aromatic heterocycles. The molecule has 0 aromatic rings. The normalized spacial score (nSPS) is 35.2. The molecule has 110 valence electrons. The molecule has 2 nitrogen and oxygen atoms in total. The summed E-state index contributed by atoms with van der Waals surface area (Å²) in [4.78, 5) is 2.65. The molecule has 0 aromatic carbocycles. The third-order valence-electron chi connectivity index (χ3n) is 5.45. The number of likely N-dealkylation sites (tertiary alicyclic amines) is 1. The molecule has 3 rings (SSSR count). The Morgan fingerprint density at radius 2 is 1.95 bits per heavy atom. The van der Waals surface area contributed by atoms with Gasteiger partial charge >= 0.3 is 0 Å². The molecular formula is C16H28BrNO. The van der Waals surface area contributed by atoms with Crippen LogP contribution in [0.2, 0.25) is 0 Å². The fourth-order valence-corrected chi connectivity index (χ4v) is 4.99. The lowest BCUT2D eigenvalue weighted by Crippen LogP contribution is -2.35. The van der Waals surface area contributed by atoms with Crippen LogP contribution in [-0.2, 0) is 4.74 Å². The summed E-state index contributed by atoms with van der Waals surface area (Å²) in [5.41, 5.74) is 0.303. The monoisotopic (exact) mass is 329 g/mol. The Kier molecular flexibility index (Phi) is 4.86. The van der Waals surface area contributed by atoms with Gasteiger partial charge in [-0.25, -0.2) is 0 Å². The summed E-state index contributed by atoms with van der Waals surface area (Å²) >= 11 is 3.57. The predicted octanol–water partition coefficient (Wildman–Crippen LogP) is 3.98. The first kappa shape index (κ1) is 14.3.